The Morgan fingerprint density at radius 1 is 1.14 bits per heavy atom. The van der Waals surface area contributed by atoms with E-state index in [4.69, 9.17) is 0 Å². The van der Waals surface area contributed by atoms with Gasteiger partial charge in [-0.1, -0.05) is 37.3 Å². The van der Waals surface area contributed by atoms with Crippen molar-refractivity contribution in [3.8, 4) is 0 Å². The van der Waals surface area contributed by atoms with E-state index < -0.39 is 23.7 Å². The van der Waals surface area contributed by atoms with Gasteiger partial charge < -0.3 is 4.90 Å². The highest BCUT2D eigenvalue weighted by molar-refractivity contribution is 6.23. The van der Waals surface area contributed by atoms with Crippen molar-refractivity contribution in [2.45, 2.75) is 45.2 Å². The molecule has 6 heteroatoms. The predicted octanol–water partition coefficient (Wildman–Crippen LogP) is 3.85. The normalized spacial score (nSPS) is 17.7. The number of halogens is 1. The van der Waals surface area contributed by atoms with Crippen molar-refractivity contribution >= 4 is 23.4 Å². The molecule has 2 unspecified atom stereocenters. The highest BCUT2D eigenvalue weighted by atomic mass is 19.1. The number of carbonyl (C=O) groups excluding carboxylic acids is 3. The zero-order chi connectivity index (χ0) is 20.3. The molecule has 5 nitrogen and oxygen atoms in total. The largest absolute Gasteiger partial charge is 0.323 e. The Labute approximate surface area is 163 Å². The molecule has 2 atom stereocenters. The SMILES string of the molecule is CCCC(=O)N(C1CC(=O)N(c2ccc(F)cc2)C1=O)C(C)c1ccccc1. The smallest absolute Gasteiger partial charge is 0.257 e. The summed E-state index contributed by atoms with van der Waals surface area (Å²) in [5.74, 6) is -1.46. The van der Waals surface area contributed by atoms with Crippen molar-refractivity contribution in [1.29, 1.82) is 0 Å². The van der Waals surface area contributed by atoms with E-state index in [0.717, 1.165) is 10.5 Å². The van der Waals surface area contributed by atoms with E-state index in [1.807, 2.05) is 44.2 Å². The molecule has 1 fully saturated rings. The highest BCUT2D eigenvalue weighted by Gasteiger charge is 2.45. The summed E-state index contributed by atoms with van der Waals surface area (Å²) in [6, 6.07) is 13.4. The van der Waals surface area contributed by atoms with Gasteiger partial charge in [0.15, 0.2) is 0 Å². The summed E-state index contributed by atoms with van der Waals surface area (Å²) in [7, 11) is 0. The minimum Gasteiger partial charge on any atom is -0.323 e. The first-order valence-electron chi connectivity index (χ1n) is 9.42. The molecule has 1 aliphatic heterocycles. The van der Waals surface area contributed by atoms with Crippen LogP contribution in [0.4, 0.5) is 10.1 Å². The van der Waals surface area contributed by atoms with Gasteiger partial charge in [-0.2, -0.15) is 0 Å². The van der Waals surface area contributed by atoms with Crippen LogP contribution in [0.25, 0.3) is 0 Å². The van der Waals surface area contributed by atoms with Crippen molar-refractivity contribution in [2.75, 3.05) is 4.90 Å². The molecule has 0 saturated carbocycles. The minimum atomic E-state index is -0.869. The molecule has 0 spiro atoms. The quantitative estimate of drug-likeness (QED) is 0.713. The molecule has 3 amide bonds. The molecule has 1 aliphatic rings. The maximum atomic E-state index is 13.2. The van der Waals surface area contributed by atoms with Crippen LogP contribution in [0.5, 0.6) is 0 Å². The van der Waals surface area contributed by atoms with E-state index in [-0.39, 0.29) is 18.4 Å². The molecule has 0 bridgehead atoms. The predicted molar refractivity (Wildman–Crippen MR) is 104 cm³/mol. The van der Waals surface area contributed by atoms with Gasteiger partial charge in [-0.15, -0.1) is 0 Å². The summed E-state index contributed by atoms with van der Waals surface area (Å²) in [6.07, 6.45) is 0.863. The Hall–Kier alpha value is -3.02. The Morgan fingerprint density at radius 2 is 1.79 bits per heavy atom. The Balaban J connectivity index is 1.94. The maximum absolute atomic E-state index is 13.2. The summed E-state index contributed by atoms with van der Waals surface area (Å²) in [4.78, 5) is 41.2. The molecule has 2 aromatic carbocycles. The van der Waals surface area contributed by atoms with E-state index in [0.29, 0.717) is 18.5 Å². The van der Waals surface area contributed by atoms with Crippen LogP contribution < -0.4 is 4.90 Å². The highest BCUT2D eigenvalue weighted by Crippen LogP contribution is 2.31. The first kappa shape index (κ1) is 19.7. The number of carbonyl (C=O) groups is 3. The molecule has 1 heterocycles. The van der Waals surface area contributed by atoms with Crippen molar-refractivity contribution in [3.63, 3.8) is 0 Å². The fourth-order valence-corrected chi connectivity index (χ4v) is 3.59. The number of amides is 3. The van der Waals surface area contributed by atoms with Crippen LogP contribution in [-0.4, -0.2) is 28.7 Å². The zero-order valence-electron chi connectivity index (χ0n) is 16.0. The second-order valence-electron chi connectivity index (χ2n) is 6.90. The molecule has 3 rings (SSSR count). The van der Waals surface area contributed by atoms with Crippen LogP contribution >= 0.6 is 0 Å². The van der Waals surface area contributed by atoms with Crippen LogP contribution in [0.3, 0.4) is 0 Å². The Kier molecular flexibility index (Phi) is 5.87. The third-order valence-electron chi connectivity index (χ3n) is 4.99. The minimum absolute atomic E-state index is 0.0805. The molecule has 0 aromatic heterocycles. The number of benzene rings is 2. The van der Waals surface area contributed by atoms with Crippen molar-refractivity contribution in [1.82, 2.24) is 4.90 Å². The number of imide groups is 1. The van der Waals surface area contributed by atoms with Gasteiger partial charge in [0.2, 0.25) is 11.8 Å². The Morgan fingerprint density at radius 3 is 2.39 bits per heavy atom. The van der Waals surface area contributed by atoms with Gasteiger partial charge in [-0.3, -0.25) is 14.4 Å². The average Bonchev–Trinajstić information content (AvgIpc) is 2.98. The molecule has 0 aliphatic carbocycles. The van der Waals surface area contributed by atoms with Crippen molar-refractivity contribution in [3.05, 3.63) is 66.0 Å². The Bertz CT molecular complexity index is 867. The van der Waals surface area contributed by atoms with Crippen LogP contribution in [0.15, 0.2) is 54.6 Å². The summed E-state index contributed by atoms with van der Waals surface area (Å²) in [5.41, 5.74) is 1.21. The van der Waals surface area contributed by atoms with Crippen LogP contribution in [-0.2, 0) is 14.4 Å². The zero-order valence-corrected chi connectivity index (χ0v) is 16.0. The molecule has 146 valence electrons. The van der Waals surface area contributed by atoms with Gasteiger partial charge in [-0.25, -0.2) is 9.29 Å². The van der Waals surface area contributed by atoms with Crippen LogP contribution in [0.2, 0.25) is 0 Å². The lowest BCUT2D eigenvalue weighted by Crippen LogP contribution is -2.46. The lowest BCUT2D eigenvalue weighted by atomic mass is 10.0. The number of hydrogen-bond donors (Lipinski definition) is 0. The fourth-order valence-electron chi connectivity index (χ4n) is 3.59. The van der Waals surface area contributed by atoms with E-state index in [9.17, 15) is 18.8 Å². The molecule has 0 N–H and O–H groups in total. The van der Waals surface area contributed by atoms with Crippen molar-refractivity contribution in [2.24, 2.45) is 0 Å². The van der Waals surface area contributed by atoms with E-state index in [2.05, 4.69) is 0 Å². The maximum Gasteiger partial charge on any atom is 0.257 e. The lowest BCUT2D eigenvalue weighted by molar-refractivity contribution is -0.141. The number of hydrogen-bond acceptors (Lipinski definition) is 3. The third kappa shape index (κ3) is 3.81. The monoisotopic (exact) mass is 382 g/mol. The molecule has 1 saturated heterocycles. The third-order valence-corrected chi connectivity index (χ3v) is 4.99. The van der Waals surface area contributed by atoms with Gasteiger partial charge in [-0.05, 0) is 43.2 Å². The van der Waals surface area contributed by atoms with Crippen molar-refractivity contribution < 1.29 is 18.8 Å². The van der Waals surface area contributed by atoms with Gasteiger partial charge in [0.1, 0.15) is 11.9 Å². The summed E-state index contributed by atoms with van der Waals surface area (Å²) in [6.45, 7) is 3.76. The van der Waals surface area contributed by atoms with E-state index in [1.54, 1.807) is 0 Å². The van der Waals surface area contributed by atoms with Gasteiger partial charge in [0.25, 0.3) is 5.91 Å². The first-order valence-corrected chi connectivity index (χ1v) is 9.42. The molecule has 0 radical (unpaired) electrons. The molecular weight excluding hydrogens is 359 g/mol. The first-order chi connectivity index (χ1) is 13.4. The lowest BCUT2D eigenvalue weighted by Gasteiger charge is -2.33. The van der Waals surface area contributed by atoms with Gasteiger partial charge in [0, 0.05) is 6.42 Å². The topological polar surface area (TPSA) is 57.7 Å². The molecule has 2 aromatic rings. The van der Waals surface area contributed by atoms with Gasteiger partial charge in [0.05, 0.1) is 18.2 Å². The summed E-state index contributed by atoms with van der Waals surface area (Å²) in [5, 5.41) is 0. The van der Waals surface area contributed by atoms with Crippen LogP contribution in [0, 0.1) is 5.82 Å². The molecule has 28 heavy (non-hydrogen) atoms. The molecular formula is C22H23FN2O3. The fraction of sp³-hybridized carbons (Fsp3) is 0.318. The van der Waals surface area contributed by atoms with E-state index in [1.165, 1.54) is 29.2 Å². The average molecular weight is 382 g/mol. The number of anilines is 1. The van der Waals surface area contributed by atoms with Gasteiger partial charge >= 0.3 is 0 Å². The summed E-state index contributed by atoms with van der Waals surface area (Å²) < 4.78 is 13.2. The second-order valence-corrected chi connectivity index (χ2v) is 6.90. The summed E-state index contributed by atoms with van der Waals surface area (Å²) >= 11 is 0. The number of rotatable bonds is 6. The second kappa shape index (κ2) is 8.33. The van der Waals surface area contributed by atoms with E-state index >= 15 is 0 Å². The van der Waals surface area contributed by atoms with Crippen LogP contribution in [0.1, 0.15) is 44.7 Å². The number of nitrogens with zero attached hydrogens (tertiary/aromatic N) is 2. The standard InChI is InChI=1S/C22H23FN2O3/c1-3-7-20(26)24(15(2)16-8-5-4-6-9-16)19-14-21(27)25(22(19)28)18-12-10-17(23)11-13-18/h4-6,8-13,15,19H,3,7,14H2,1-2H3.